The molecular formula is C25H22Cl3FN4O. The van der Waals surface area contributed by atoms with Gasteiger partial charge in [-0.3, -0.25) is 9.36 Å². The van der Waals surface area contributed by atoms with Gasteiger partial charge in [-0.1, -0.05) is 40.9 Å². The molecule has 3 aromatic carbocycles. The molecule has 176 valence electrons. The maximum atomic E-state index is 14.3. The Morgan fingerprint density at radius 3 is 2.50 bits per heavy atom. The summed E-state index contributed by atoms with van der Waals surface area (Å²) >= 11 is 18.6. The van der Waals surface area contributed by atoms with Gasteiger partial charge in [0.1, 0.15) is 11.6 Å². The van der Waals surface area contributed by atoms with Crippen LogP contribution in [0.4, 0.5) is 4.39 Å². The fourth-order valence-electron chi connectivity index (χ4n) is 3.59. The highest BCUT2D eigenvalue weighted by atomic mass is 35.5. The van der Waals surface area contributed by atoms with E-state index >= 15 is 0 Å². The van der Waals surface area contributed by atoms with E-state index in [2.05, 4.69) is 10.2 Å². The van der Waals surface area contributed by atoms with Crippen molar-refractivity contribution in [3.05, 3.63) is 91.4 Å². The first-order valence-corrected chi connectivity index (χ1v) is 11.7. The summed E-state index contributed by atoms with van der Waals surface area (Å²) in [6, 6.07) is 14.6. The van der Waals surface area contributed by atoms with Crippen LogP contribution in [0.25, 0.3) is 28.0 Å². The molecule has 5 nitrogen and oxygen atoms in total. The van der Waals surface area contributed by atoms with Crippen LogP contribution >= 0.6 is 34.8 Å². The van der Waals surface area contributed by atoms with Crippen molar-refractivity contribution in [2.24, 2.45) is 0 Å². The van der Waals surface area contributed by atoms with Gasteiger partial charge in [0.15, 0.2) is 0 Å². The van der Waals surface area contributed by atoms with Crippen molar-refractivity contribution < 1.29 is 4.39 Å². The molecule has 0 atom stereocenters. The van der Waals surface area contributed by atoms with Crippen LogP contribution in [-0.2, 0) is 6.54 Å². The second-order valence-electron chi connectivity index (χ2n) is 8.13. The van der Waals surface area contributed by atoms with Crippen LogP contribution in [0.15, 0.2) is 59.4 Å². The van der Waals surface area contributed by atoms with Crippen LogP contribution in [0, 0.1) is 5.82 Å². The minimum absolute atomic E-state index is 0.0392. The standard InChI is InChI=1S/C25H22Cl3FN4O/c1-32(2)10-9-30-14-15-3-7-20(27)19(11-15)24-31-23-12-16(26)4-6-18(23)25(34)33(24)17-5-8-21(28)22(29)13-17/h3-8,11-13,30H,9-10,14H2,1-2H3. The smallest absolute Gasteiger partial charge is 0.266 e. The molecule has 0 aliphatic heterocycles. The molecule has 1 N–H and O–H groups in total. The van der Waals surface area contributed by atoms with Crippen LogP contribution in [0.5, 0.6) is 0 Å². The average Bonchev–Trinajstić information content (AvgIpc) is 2.79. The summed E-state index contributed by atoms with van der Waals surface area (Å²) in [5, 5.41) is 4.55. The molecule has 0 saturated carbocycles. The quantitative estimate of drug-likeness (QED) is 0.313. The van der Waals surface area contributed by atoms with E-state index in [9.17, 15) is 9.18 Å². The van der Waals surface area contributed by atoms with Gasteiger partial charge in [0.2, 0.25) is 0 Å². The average molecular weight is 520 g/mol. The van der Waals surface area contributed by atoms with Crippen molar-refractivity contribution in [1.29, 1.82) is 0 Å². The van der Waals surface area contributed by atoms with Crippen LogP contribution in [-0.4, -0.2) is 41.6 Å². The zero-order valence-corrected chi connectivity index (χ0v) is 20.8. The van der Waals surface area contributed by atoms with Crippen molar-refractivity contribution >= 4 is 45.7 Å². The number of halogens is 4. The molecule has 0 radical (unpaired) electrons. The Hall–Kier alpha value is -2.48. The van der Waals surface area contributed by atoms with Crippen molar-refractivity contribution in [1.82, 2.24) is 19.8 Å². The fraction of sp³-hybridized carbons (Fsp3) is 0.200. The lowest BCUT2D eigenvalue weighted by Crippen LogP contribution is -2.26. The third kappa shape index (κ3) is 5.27. The maximum Gasteiger partial charge on any atom is 0.266 e. The maximum absolute atomic E-state index is 14.3. The number of hydrogen-bond acceptors (Lipinski definition) is 4. The van der Waals surface area contributed by atoms with Crippen molar-refractivity contribution in [3.8, 4) is 17.1 Å². The number of nitrogens with zero attached hydrogens (tertiary/aromatic N) is 3. The number of benzene rings is 3. The zero-order valence-electron chi connectivity index (χ0n) is 18.6. The van der Waals surface area contributed by atoms with E-state index in [1.165, 1.54) is 16.7 Å². The van der Waals surface area contributed by atoms with Crippen LogP contribution in [0.2, 0.25) is 15.1 Å². The lowest BCUT2D eigenvalue weighted by Gasteiger charge is -2.16. The highest BCUT2D eigenvalue weighted by molar-refractivity contribution is 6.33. The molecule has 0 aliphatic carbocycles. The molecule has 0 aliphatic rings. The van der Waals surface area contributed by atoms with Crippen molar-refractivity contribution in [3.63, 3.8) is 0 Å². The van der Waals surface area contributed by atoms with Crippen molar-refractivity contribution in [2.45, 2.75) is 6.54 Å². The molecule has 0 saturated heterocycles. The summed E-state index contributed by atoms with van der Waals surface area (Å²) in [7, 11) is 4.02. The molecule has 1 aromatic heterocycles. The summed E-state index contributed by atoms with van der Waals surface area (Å²) in [5.41, 5.74) is 1.85. The van der Waals surface area contributed by atoms with Gasteiger partial charge < -0.3 is 10.2 Å². The molecule has 4 rings (SSSR count). The first kappa shape index (κ1) is 24.6. The van der Waals surface area contributed by atoms with Crippen molar-refractivity contribution in [2.75, 3.05) is 27.2 Å². The molecule has 0 bridgehead atoms. The SMILES string of the molecule is CN(C)CCNCc1ccc(Cl)c(-c2nc3cc(Cl)ccc3c(=O)n2-c2ccc(Cl)c(F)c2)c1. The summed E-state index contributed by atoms with van der Waals surface area (Å²) in [4.78, 5) is 20.4. The van der Waals surface area contributed by atoms with Gasteiger partial charge in [0.25, 0.3) is 5.56 Å². The largest absolute Gasteiger partial charge is 0.311 e. The van der Waals surface area contributed by atoms with E-state index in [1.54, 1.807) is 30.3 Å². The van der Waals surface area contributed by atoms with Crippen LogP contribution in [0.1, 0.15) is 5.56 Å². The number of aromatic nitrogens is 2. The van der Waals surface area contributed by atoms with Gasteiger partial charge in [-0.05, 0) is 68.2 Å². The molecule has 9 heteroatoms. The first-order valence-electron chi connectivity index (χ1n) is 10.6. The van der Waals surface area contributed by atoms with E-state index in [4.69, 9.17) is 39.8 Å². The van der Waals surface area contributed by atoms with Gasteiger partial charge in [0.05, 0.1) is 26.6 Å². The summed E-state index contributed by atoms with van der Waals surface area (Å²) in [6.07, 6.45) is 0. The predicted octanol–water partition coefficient (Wildman–Crippen LogP) is 5.80. The van der Waals surface area contributed by atoms with Crippen LogP contribution < -0.4 is 10.9 Å². The van der Waals surface area contributed by atoms with Gasteiger partial charge in [-0.25, -0.2) is 9.37 Å². The molecule has 0 amide bonds. The Morgan fingerprint density at radius 1 is 1.00 bits per heavy atom. The zero-order chi connectivity index (χ0) is 24.4. The summed E-state index contributed by atoms with van der Waals surface area (Å²) in [6.45, 7) is 2.32. The first-order chi connectivity index (χ1) is 16.2. The van der Waals surface area contributed by atoms with E-state index < -0.39 is 5.82 Å². The van der Waals surface area contributed by atoms with Crippen LogP contribution in [0.3, 0.4) is 0 Å². The topological polar surface area (TPSA) is 50.2 Å². The summed E-state index contributed by atoms with van der Waals surface area (Å²) in [5.74, 6) is -0.361. The van der Waals surface area contributed by atoms with Gasteiger partial charge in [0, 0.05) is 30.2 Å². The number of rotatable bonds is 7. The summed E-state index contributed by atoms with van der Waals surface area (Å²) < 4.78 is 15.7. The molecule has 1 heterocycles. The molecule has 34 heavy (non-hydrogen) atoms. The Balaban J connectivity index is 1.90. The molecule has 0 unspecified atom stereocenters. The predicted molar refractivity (Wildman–Crippen MR) is 138 cm³/mol. The van der Waals surface area contributed by atoms with E-state index in [0.29, 0.717) is 33.1 Å². The number of fused-ring (bicyclic) bond motifs is 1. The Labute approximate surface area is 211 Å². The Morgan fingerprint density at radius 2 is 1.76 bits per heavy atom. The monoisotopic (exact) mass is 518 g/mol. The van der Waals surface area contributed by atoms with E-state index in [0.717, 1.165) is 18.7 Å². The highest BCUT2D eigenvalue weighted by Crippen LogP contribution is 2.31. The van der Waals surface area contributed by atoms with Gasteiger partial charge in [-0.15, -0.1) is 0 Å². The minimum atomic E-state index is -0.641. The van der Waals surface area contributed by atoms with Gasteiger partial charge >= 0.3 is 0 Å². The lowest BCUT2D eigenvalue weighted by molar-refractivity contribution is 0.400. The second kappa shape index (κ2) is 10.4. The lowest BCUT2D eigenvalue weighted by atomic mass is 10.1. The number of likely N-dealkylation sites (N-methyl/N-ethyl adjacent to an activating group) is 1. The number of hydrogen-bond donors (Lipinski definition) is 1. The minimum Gasteiger partial charge on any atom is -0.311 e. The third-order valence-corrected chi connectivity index (χ3v) is 6.20. The Kier molecular flexibility index (Phi) is 7.55. The fourth-order valence-corrected chi connectivity index (χ4v) is 4.08. The normalized spacial score (nSPS) is 11.5. The second-order valence-corrected chi connectivity index (χ2v) is 9.38. The Bertz CT molecular complexity index is 1420. The number of nitrogens with one attached hydrogen (secondary N) is 1. The molecular weight excluding hydrogens is 498 g/mol. The molecule has 0 spiro atoms. The third-order valence-electron chi connectivity index (χ3n) is 5.33. The molecule has 4 aromatic rings. The highest BCUT2D eigenvalue weighted by Gasteiger charge is 2.18. The van der Waals surface area contributed by atoms with Gasteiger partial charge in [-0.2, -0.15) is 0 Å². The molecule has 0 fully saturated rings. The van der Waals surface area contributed by atoms with E-state index in [-0.39, 0.29) is 22.1 Å². The van der Waals surface area contributed by atoms with E-state index in [1.807, 2.05) is 26.2 Å².